The molecule has 1 N–H and O–H groups in total. The molecular formula is C18H16N6OS2. The molecule has 0 aliphatic carbocycles. The van der Waals surface area contributed by atoms with E-state index in [1.165, 1.54) is 11.3 Å². The Morgan fingerprint density at radius 1 is 1.19 bits per heavy atom. The van der Waals surface area contributed by atoms with Crippen LogP contribution in [0.4, 0.5) is 0 Å². The van der Waals surface area contributed by atoms with Gasteiger partial charge in [0, 0.05) is 17.8 Å². The van der Waals surface area contributed by atoms with Crippen LogP contribution >= 0.6 is 22.7 Å². The van der Waals surface area contributed by atoms with E-state index in [-0.39, 0.29) is 17.9 Å². The summed E-state index contributed by atoms with van der Waals surface area (Å²) >= 11 is 3.00. The van der Waals surface area contributed by atoms with Gasteiger partial charge in [-0.25, -0.2) is 4.98 Å². The Hall–Kier alpha value is -2.78. The van der Waals surface area contributed by atoms with Crippen LogP contribution in [-0.4, -0.2) is 29.9 Å². The molecule has 0 fully saturated rings. The van der Waals surface area contributed by atoms with Crippen LogP contribution in [0, 0.1) is 5.92 Å². The molecule has 136 valence electrons. The average molecular weight is 397 g/mol. The number of hydrogen-bond acceptors (Lipinski definition) is 6. The highest BCUT2D eigenvalue weighted by Gasteiger charge is 2.25. The van der Waals surface area contributed by atoms with E-state index in [4.69, 9.17) is 0 Å². The topological polar surface area (TPSA) is 76.6 Å². The van der Waals surface area contributed by atoms with Crippen LogP contribution in [0.5, 0.6) is 0 Å². The van der Waals surface area contributed by atoms with Crippen LogP contribution < -0.4 is 5.32 Å². The fourth-order valence-corrected chi connectivity index (χ4v) is 4.88. The first kappa shape index (κ1) is 16.4. The Bertz CT molecular complexity index is 1280. The van der Waals surface area contributed by atoms with Crippen molar-refractivity contribution in [2.45, 2.75) is 19.9 Å². The predicted molar refractivity (Wildman–Crippen MR) is 106 cm³/mol. The molecule has 5 aromatic rings. The van der Waals surface area contributed by atoms with E-state index in [0.717, 1.165) is 26.8 Å². The second-order valence-corrected chi connectivity index (χ2v) is 8.55. The van der Waals surface area contributed by atoms with Crippen molar-refractivity contribution in [2.75, 3.05) is 0 Å². The molecule has 0 saturated carbocycles. The second-order valence-electron chi connectivity index (χ2n) is 6.65. The number of nitrogens with zero attached hydrogens (tertiary/aromatic N) is 5. The molecule has 1 unspecified atom stereocenters. The molecule has 27 heavy (non-hydrogen) atoms. The minimum atomic E-state index is -0.242. The van der Waals surface area contributed by atoms with Gasteiger partial charge in [-0.15, -0.1) is 32.9 Å². The van der Waals surface area contributed by atoms with E-state index in [0.29, 0.717) is 4.88 Å². The third kappa shape index (κ3) is 2.62. The number of aromatic nitrogens is 5. The van der Waals surface area contributed by atoms with Gasteiger partial charge in [-0.05, 0) is 24.1 Å². The Morgan fingerprint density at radius 2 is 2.07 bits per heavy atom. The van der Waals surface area contributed by atoms with Gasteiger partial charge in [0.1, 0.15) is 4.83 Å². The summed E-state index contributed by atoms with van der Waals surface area (Å²) in [5.74, 6) is 0.779. The summed E-state index contributed by atoms with van der Waals surface area (Å²) in [6.07, 6.45) is 3.89. The summed E-state index contributed by atoms with van der Waals surface area (Å²) in [6.45, 7) is 4.12. The van der Waals surface area contributed by atoms with Crippen molar-refractivity contribution in [3.05, 3.63) is 52.7 Å². The summed E-state index contributed by atoms with van der Waals surface area (Å²) in [5.41, 5.74) is 1.73. The summed E-state index contributed by atoms with van der Waals surface area (Å²) in [5, 5.41) is 13.6. The second kappa shape index (κ2) is 6.14. The highest BCUT2D eigenvalue weighted by Crippen LogP contribution is 2.29. The van der Waals surface area contributed by atoms with Crippen molar-refractivity contribution in [3.8, 4) is 0 Å². The molecule has 1 atom stereocenters. The van der Waals surface area contributed by atoms with Gasteiger partial charge in [0.15, 0.2) is 16.4 Å². The number of nitrogens with one attached hydrogen (secondary N) is 1. The lowest BCUT2D eigenvalue weighted by molar-refractivity contribution is 0.0927. The molecule has 0 saturated heterocycles. The molecular weight excluding hydrogens is 380 g/mol. The smallest absolute Gasteiger partial charge is 0.262 e. The number of thiophene rings is 1. The van der Waals surface area contributed by atoms with Crippen LogP contribution in [-0.2, 0) is 0 Å². The largest absolute Gasteiger partial charge is 0.341 e. The first-order chi connectivity index (χ1) is 13.1. The summed E-state index contributed by atoms with van der Waals surface area (Å²) in [7, 11) is 0. The zero-order valence-electron chi connectivity index (χ0n) is 14.7. The lowest BCUT2D eigenvalue weighted by Crippen LogP contribution is -2.32. The maximum absolute atomic E-state index is 12.9. The number of thiazole rings is 1. The maximum Gasteiger partial charge on any atom is 0.262 e. The number of carbonyl (C=O) groups is 1. The maximum atomic E-state index is 12.9. The van der Waals surface area contributed by atoms with E-state index in [9.17, 15) is 4.79 Å². The fourth-order valence-electron chi connectivity index (χ4n) is 3.17. The van der Waals surface area contributed by atoms with Crippen molar-refractivity contribution < 1.29 is 4.79 Å². The first-order valence-electron chi connectivity index (χ1n) is 8.57. The van der Waals surface area contributed by atoms with E-state index >= 15 is 0 Å². The van der Waals surface area contributed by atoms with Gasteiger partial charge in [0.2, 0.25) is 0 Å². The van der Waals surface area contributed by atoms with Crippen LogP contribution in [0.25, 0.3) is 21.0 Å². The third-order valence-electron chi connectivity index (χ3n) is 4.54. The van der Waals surface area contributed by atoms with Gasteiger partial charge in [0.05, 0.1) is 16.4 Å². The molecule has 0 spiro atoms. The van der Waals surface area contributed by atoms with Gasteiger partial charge in [-0.3, -0.25) is 13.6 Å². The monoisotopic (exact) mass is 396 g/mol. The molecule has 0 aromatic carbocycles. The Morgan fingerprint density at radius 3 is 2.93 bits per heavy atom. The lowest BCUT2D eigenvalue weighted by Gasteiger charge is -2.20. The molecule has 5 aromatic heterocycles. The number of carbonyl (C=O) groups excluding carboxylic acids is 1. The highest BCUT2D eigenvalue weighted by molar-refractivity contribution is 7.21. The number of rotatable bonds is 4. The molecule has 0 bridgehead atoms. The molecule has 7 nitrogen and oxygen atoms in total. The summed E-state index contributed by atoms with van der Waals surface area (Å²) in [6, 6.07) is 7.41. The van der Waals surface area contributed by atoms with Gasteiger partial charge in [0.25, 0.3) is 5.91 Å². The number of imidazole rings is 1. The molecule has 5 heterocycles. The number of hydrogen-bond donors (Lipinski definition) is 1. The van der Waals surface area contributed by atoms with Crippen molar-refractivity contribution in [2.24, 2.45) is 5.92 Å². The molecule has 9 heteroatoms. The Balaban J connectivity index is 1.49. The van der Waals surface area contributed by atoms with Crippen molar-refractivity contribution in [3.63, 3.8) is 0 Å². The standard InChI is InChI=1S/C18H16N6OS2/c1-10(2)14(15-22-21-13-5-3-4-6-24(13)15)19-16(25)12-9-11-17(27-12)20-18-23(11)7-8-26-18/h3-10,14H,1-2H3,(H,19,25). The average Bonchev–Trinajstić information content (AvgIpc) is 3.39. The van der Waals surface area contributed by atoms with Crippen LogP contribution in [0.15, 0.2) is 42.0 Å². The molecule has 0 radical (unpaired) electrons. The minimum Gasteiger partial charge on any atom is -0.341 e. The Labute approximate surface area is 162 Å². The van der Waals surface area contributed by atoms with Crippen molar-refractivity contribution in [1.29, 1.82) is 0 Å². The van der Waals surface area contributed by atoms with Crippen molar-refractivity contribution in [1.82, 2.24) is 29.3 Å². The molecule has 1 amide bonds. The first-order valence-corrected chi connectivity index (χ1v) is 10.3. The van der Waals surface area contributed by atoms with Gasteiger partial charge < -0.3 is 5.32 Å². The van der Waals surface area contributed by atoms with E-state index < -0.39 is 0 Å². The SMILES string of the molecule is CC(C)C(NC(=O)c1cc2c(nc3sccn32)s1)c1nnc2ccccn12. The summed E-state index contributed by atoms with van der Waals surface area (Å²) in [4.78, 5) is 20.0. The zero-order valence-corrected chi connectivity index (χ0v) is 16.3. The molecule has 5 rings (SSSR count). The van der Waals surface area contributed by atoms with Gasteiger partial charge in [-0.2, -0.15) is 0 Å². The fraction of sp³-hybridized carbons (Fsp3) is 0.222. The molecule has 0 aliphatic heterocycles. The zero-order chi connectivity index (χ0) is 18.5. The van der Waals surface area contributed by atoms with E-state index in [1.807, 2.05) is 50.8 Å². The van der Waals surface area contributed by atoms with Crippen LogP contribution in [0.1, 0.15) is 35.4 Å². The number of fused-ring (bicyclic) bond motifs is 4. The van der Waals surface area contributed by atoms with Gasteiger partial charge in [-0.1, -0.05) is 19.9 Å². The quantitative estimate of drug-likeness (QED) is 0.502. The van der Waals surface area contributed by atoms with E-state index in [2.05, 4.69) is 34.3 Å². The predicted octanol–water partition coefficient (Wildman–Crippen LogP) is 3.78. The molecule has 0 aliphatic rings. The Kier molecular flexibility index (Phi) is 3.73. The highest BCUT2D eigenvalue weighted by atomic mass is 32.1. The normalized spacial score (nSPS) is 13.1. The van der Waals surface area contributed by atoms with E-state index in [1.54, 1.807) is 11.3 Å². The minimum absolute atomic E-state index is 0.117. The number of amides is 1. The summed E-state index contributed by atoms with van der Waals surface area (Å²) < 4.78 is 3.93. The lowest BCUT2D eigenvalue weighted by atomic mass is 10.0. The number of pyridine rings is 1. The third-order valence-corrected chi connectivity index (χ3v) is 6.31. The van der Waals surface area contributed by atoms with Gasteiger partial charge >= 0.3 is 0 Å². The van der Waals surface area contributed by atoms with Crippen LogP contribution in [0.3, 0.4) is 0 Å². The van der Waals surface area contributed by atoms with Crippen LogP contribution in [0.2, 0.25) is 0 Å². The van der Waals surface area contributed by atoms with Crippen molar-refractivity contribution >= 4 is 49.5 Å².